The van der Waals surface area contributed by atoms with Gasteiger partial charge in [-0.05, 0) is 44.9 Å². The molecule has 0 unspecified atom stereocenters. The molecule has 1 aromatic rings. The maximum absolute atomic E-state index is 13.3. The van der Waals surface area contributed by atoms with Crippen molar-refractivity contribution in [3.8, 4) is 0 Å². The molecule has 1 amide bonds. The highest BCUT2D eigenvalue weighted by atomic mass is 16.2. The predicted octanol–water partition coefficient (Wildman–Crippen LogP) is 3.38. The van der Waals surface area contributed by atoms with Gasteiger partial charge < -0.3 is 14.7 Å². The third kappa shape index (κ3) is 6.54. The number of hydrogen-bond acceptors (Lipinski definition) is 5. The largest absolute Gasteiger partial charge is 0.358 e. The van der Waals surface area contributed by atoms with Crippen LogP contribution in [0.5, 0.6) is 0 Å². The molecule has 33 heavy (non-hydrogen) atoms. The fourth-order valence-corrected chi connectivity index (χ4v) is 4.37. The molecule has 0 saturated carbocycles. The van der Waals surface area contributed by atoms with Crippen molar-refractivity contribution in [2.24, 2.45) is 9.98 Å². The summed E-state index contributed by atoms with van der Waals surface area (Å²) in [6.45, 7) is 23.4. The number of carbonyl (C=O) groups is 1. The Balaban J connectivity index is 1.59. The van der Waals surface area contributed by atoms with E-state index in [1.54, 1.807) is 6.20 Å². The summed E-state index contributed by atoms with van der Waals surface area (Å²) < 4.78 is 0. The van der Waals surface area contributed by atoms with Crippen molar-refractivity contribution in [1.29, 1.82) is 0 Å². The zero-order chi connectivity index (χ0) is 24.0. The second-order valence-electron chi connectivity index (χ2n) is 9.03. The van der Waals surface area contributed by atoms with Crippen molar-refractivity contribution < 1.29 is 4.79 Å². The van der Waals surface area contributed by atoms with E-state index in [1.165, 1.54) is 5.56 Å². The molecule has 2 aliphatic rings. The molecule has 7 nitrogen and oxygen atoms in total. The van der Waals surface area contributed by atoms with Crippen LogP contribution in [-0.2, 0) is 6.54 Å². The molecule has 1 aromatic carbocycles. The van der Waals surface area contributed by atoms with Crippen LogP contribution in [-0.4, -0.2) is 89.4 Å². The van der Waals surface area contributed by atoms with Crippen LogP contribution < -0.4 is 0 Å². The first-order chi connectivity index (χ1) is 15.8. The van der Waals surface area contributed by atoms with Crippen LogP contribution in [0.25, 0.3) is 0 Å². The Kier molecular flexibility index (Phi) is 8.44. The Hall–Kier alpha value is -2.93. The molecule has 2 aliphatic heterocycles. The maximum Gasteiger partial charge on any atom is 0.254 e. The number of carbonyl (C=O) groups excluding carboxylic acids is 1. The summed E-state index contributed by atoms with van der Waals surface area (Å²) in [6, 6.07) is 6.32. The van der Waals surface area contributed by atoms with Crippen LogP contribution in [0.2, 0.25) is 0 Å². The van der Waals surface area contributed by atoms with E-state index in [-0.39, 0.29) is 5.91 Å². The van der Waals surface area contributed by atoms with Gasteiger partial charge in [-0.2, -0.15) is 0 Å². The Labute approximate surface area is 198 Å². The molecule has 178 valence electrons. The first kappa shape index (κ1) is 24.7. The standard InChI is InChI=1S/C26H38N6O/c1-7-27-22(5)30-12-10-29(11-13-30)19-24-9-8-21(4)25(18-24)26(33)32-16-14-31(15-17-32)23(6)28-20(2)3/h7-9,18H,1,6,10-17,19H2,2-5H3. The number of amidine groups is 1. The van der Waals surface area contributed by atoms with Crippen LogP contribution in [0.3, 0.4) is 0 Å². The smallest absolute Gasteiger partial charge is 0.254 e. The van der Waals surface area contributed by atoms with E-state index < -0.39 is 0 Å². The van der Waals surface area contributed by atoms with Gasteiger partial charge in [0, 0.05) is 76.4 Å². The lowest BCUT2D eigenvalue weighted by molar-refractivity contribution is 0.0668. The molecular formula is C26H38N6O. The zero-order valence-electron chi connectivity index (χ0n) is 20.7. The van der Waals surface area contributed by atoms with Crippen LogP contribution >= 0.6 is 0 Å². The van der Waals surface area contributed by atoms with E-state index in [2.05, 4.69) is 56.0 Å². The molecule has 2 heterocycles. The zero-order valence-corrected chi connectivity index (χ0v) is 20.7. The highest BCUT2D eigenvalue weighted by Gasteiger charge is 2.24. The number of rotatable bonds is 6. The summed E-state index contributed by atoms with van der Waals surface area (Å²) in [5.74, 6) is 1.93. The highest BCUT2D eigenvalue weighted by molar-refractivity contribution is 5.96. The molecule has 2 saturated heterocycles. The second kappa shape index (κ2) is 11.3. The summed E-state index contributed by atoms with van der Waals surface area (Å²) in [4.78, 5) is 30.9. The van der Waals surface area contributed by atoms with E-state index in [1.807, 2.05) is 32.6 Å². The van der Waals surface area contributed by atoms with Gasteiger partial charge in [0.15, 0.2) is 0 Å². The monoisotopic (exact) mass is 450 g/mol. The average Bonchev–Trinajstić information content (AvgIpc) is 2.80. The number of amides is 1. The fraction of sp³-hybridized carbons (Fsp3) is 0.500. The summed E-state index contributed by atoms with van der Waals surface area (Å²) >= 11 is 0. The number of aliphatic imine (C=N–C) groups is 2. The minimum atomic E-state index is 0.121. The average molecular weight is 451 g/mol. The fourth-order valence-electron chi connectivity index (χ4n) is 4.37. The van der Waals surface area contributed by atoms with Gasteiger partial charge in [-0.3, -0.25) is 9.69 Å². The van der Waals surface area contributed by atoms with Crippen molar-refractivity contribution in [2.75, 3.05) is 52.4 Å². The minimum absolute atomic E-state index is 0.121. The number of benzene rings is 1. The van der Waals surface area contributed by atoms with Gasteiger partial charge in [-0.15, -0.1) is 0 Å². The molecule has 0 bridgehead atoms. The van der Waals surface area contributed by atoms with Gasteiger partial charge >= 0.3 is 0 Å². The Morgan fingerprint density at radius 2 is 1.58 bits per heavy atom. The minimum Gasteiger partial charge on any atom is -0.358 e. The maximum atomic E-state index is 13.3. The number of nitrogens with zero attached hydrogens (tertiary/aromatic N) is 6. The van der Waals surface area contributed by atoms with Gasteiger partial charge in [0.25, 0.3) is 5.91 Å². The van der Waals surface area contributed by atoms with Crippen molar-refractivity contribution in [3.05, 3.63) is 60.1 Å². The highest BCUT2D eigenvalue weighted by Crippen LogP contribution is 2.18. The van der Waals surface area contributed by atoms with Gasteiger partial charge in [0.1, 0.15) is 11.7 Å². The number of piperazine rings is 2. The summed E-state index contributed by atoms with van der Waals surface area (Å²) in [7, 11) is 0. The van der Waals surface area contributed by atoms with E-state index in [4.69, 9.17) is 0 Å². The Morgan fingerprint density at radius 1 is 0.970 bits per heavy atom. The number of aryl methyl sites for hydroxylation is 1. The van der Waals surface area contributed by atoms with Crippen LogP contribution in [0, 0.1) is 6.92 Å². The van der Waals surface area contributed by atoms with Crippen molar-refractivity contribution in [2.45, 2.75) is 34.2 Å². The van der Waals surface area contributed by atoms with Gasteiger partial charge in [-0.1, -0.05) is 25.3 Å². The lowest BCUT2D eigenvalue weighted by Crippen LogP contribution is -2.48. The third-order valence-corrected chi connectivity index (χ3v) is 6.33. The molecule has 0 atom stereocenters. The summed E-state index contributed by atoms with van der Waals surface area (Å²) in [5, 5.41) is 0. The topological polar surface area (TPSA) is 54.8 Å². The lowest BCUT2D eigenvalue weighted by Gasteiger charge is -2.36. The SMILES string of the molecule is C=CN=C(C)N1CCN(Cc2ccc(C)c(C(=O)N3CCN(C(=C)N=C(C)C)CC3)c2)CC1. The molecule has 0 radical (unpaired) electrons. The van der Waals surface area contributed by atoms with Crippen molar-refractivity contribution >= 4 is 17.5 Å². The van der Waals surface area contributed by atoms with Crippen molar-refractivity contribution in [1.82, 2.24) is 19.6 Å². The van der Waals surface area contributed by atoms with Crippen LogP contribution in [0.1, 0.15) is 42.3 Å². The molecule has 3 rings (SSSR count). The van der Waals surface area contributed by atoms with E-state index in [0.29, 0.717) is 13.1 Å². The normalized spacial score (nSPS) is 17.7. The summed E-state index contributed by atoms with van der Waals surface area (Å²) in [6.07, 6.45) is 1.60. The second-order valence-corrected chi connectivity index (χ2v) is 9.03. The first-order valence-electron chi connectivity index (χ1n) is 11.8. The van der Waals surface area contributed by atoms with E-state index >= 15 is 0 Å². The molecule has 0 aromatic heterocycles. The van der Waals surface area contributed by atoms with Gasteiger partial charge in [0.05, 0.1) is 0 Å². The van der Waals surface area contributed by atoms with E-state index in [0.717, 1.165) is 74.3 Å². The molecule has 0 aliphatic carbocycles. The Morgan fingerprint density at radius 3 is 2.18 bits per heavy atom. The van der Waals surface area contributed by atoms with Crippen LogP contribution in [0.15, 0.2) is 53.4 Å². The Bertz CT molecular complexity index is 930. The summed E-state index contributed by atoms with van der Waals surface area (Å²) in [5.41, 5.74) is 4.03. The van der Waals surface area contributed by atoms with E-state index in [9.17, 15) is 4.79 Å². The van der Waals surface area contributed by atoms with Gasteiger partial charge in [0.2, 0.25) is 0 Å². The van der Waals surface area contributed by atoms with Crippen molar-refractivity contribution in [3.63, 3.8) is 0 Å². The molecule has 2 fully saturated rings. The quantitative estimate of drug-likeness (QED) is 0.493. The first-order valence-corrected chi connectivity index (χ1v) is 11.8. The molecular weight excluding hydrogens is 412 g/mol. The van der Waals surface area contributed by atoms with Crippen LogP contribution in [0.4, 0.5) is 0 Å². The number of hydrogen-bond donors (Lipinski definition) is 0. The van der Waals surface area contributed by atoms with Gasteiger partial charge in [-0.25, -0.2) is 9.98 Å². The predicted molar refractivity (Wildman–Crippen MR) is 137 cm³/mol. The molecule has 7 heteroatoms. The molecule has 0 spiro atoms. The lowest BCUT2D eigenvalue weighted by atomic mass is 10.0. The molecule has 0 N–H and O–H groups in total. The third-order valence-electron chi connectivity index (χ3n) is 6.33.